The average Bonchev–Trinajstić information content (AvgIpc) is 2.98. The van der Waals surface area contributed by atoms with Gasteiger partial charge in [-0.05, 0) is 32.6 Å². The Kier molecular flexibility index (Phi) is 3.27. The molecule has 94 valence electrons. The SMILES string of the molecule is CC1CCCCN1S(=O)(=O)NC1(CN)CC1. The molecule has 6 heteroatoms. The van der Waals surface area contributed by atoms with Crippen molar-refractivity contribution >= 4 is 10.2 Å². The first-order chi connectivity index (χ1) is 7.49. The molecule has 16 heavy (non-hydrogen) atoms. The Morgan fingerprint density at radius 2 is 2.12 bits per heavy atom. The van der Waals surface area contributed by atoms with E-state index in [0.29, 0.717) is 13.1 Å². The van der Waals surface area contributed by atoms with Gasteiger partial charge in [-0.25, -0.2) is 0 Å². The molecule has 2 rings (SSSR count). The Morgan fingerprint density at radius 3 is 2.62 bits per heavy atom. The van der Waals surface area contributed by atoms with E-state index in [1.54, 1.807) is 4.31 Å². The highest BCUT2D eigenvalue weighted by Gasteiger charge is 2.46. The summed E-state index contributed by atoms with van der Waals surface area (Å²) < 4.78 is 28.7. The predicted octanol–water partition coefficient (Wildman–Crippen LogP) is 0.187. The van der Waals surface area contributed by atoms with Gasteiger partial charge in [-0.2, -0.15) is 17.4 Å². The molecule has 5 nitrogen and oxygen atoms in total. The molecule has 0 radical (unpaired) electrons. The van der Waals surface area contributed by atoms with E-state index >= 15 is 0 Å². The van der Waals surface area contributed by atoms with Gasteiger partial charge >= 0.3 is 0 Å². The second-order valence-electron chi connectivity index (χ2n) is 5.05. The highest BCUT2D eigenvalue weighted by Crippen LogP contribution is 2.35. The molecule has 0 aromatic heterocycles. The van der Waals surface area contributed by atoms with Gasteiger partial charge in [0.2, 0.25) is 0 Å². The molecule has 1 saturated carbocycles. The Morgan fingerprint density at radius 1 is 1.44 bits per heavy atom. The van der Waals surface area contributed by atoms with Gasteiger partial charge in [0, 0.05) is 24.7 Å². The van der Waals surface area contributed by atoms with Crippen molar-refractivity contribution in [1.29, 1.82) is 0 Å². The van der Waals surface area contributed by atoms with Gasteiger partial charge < -0.3 is 5.73 Å². The van der Waals surface area contributed by atoms with Crippen LogP contribution in [0, 0.1) is 0 Å². The van der Waals surface area contributed by atoms with Gasteiger partial charge in [0.15, 0.2) is 0 Å². The third-order valence-electron chi connectivity index (χ3n) is 3.64. The minimum Gasteiger partial charge on any atom is -0.329 e. The third-order valence-corrected chi connectivity index (χ3v) is 5.49. The largest absolute Gasteiger partial charge is 0.329 e. The second kappa shape index (κ2) is 4.25. The molecule has 0 bridgehead atoms. The summed E-state index contributed by atoms with van der Waals surface area (Å²) in [5.41, 5.74) is 5.26. The molecule has 0 aromatic rings. The van der Waals surface area contributed by atoms with Gasteiger partial charge in [0.05, 0.1) is 0 Å². The van der Waals surface area contributed by atoms with Gasteiger partial charge in [-0.15, -0.1) is 0 Å². The third kappa shape index (κ3) is 2.40. The number of piperidine rings is 1. The van der Waals surface area contributed by atoms with Crippen LogP contribution in [0.3, 0.4) is 0 Å². The molecule has 1 saturated heterocycles. The van der Waals surface area contributed by atoms with E-state index in [2.05, 4.69) is 4.72 Å². The summed E-state index contributed by atoms with van der Waals surface area (Å²) in [6, 6.07) is 0.111. The molecule has 2 fully saturated rings. The molecule has 0 amide bonds. The first-order valence-electron chi connectivity index (χ1n) is 6.00. The second-order valence-corrected chi connectivity index (χ2v) is 6.67. The molecule has 1 heterocycles. The van der Waals surface area contributed by atoms with Gasteiger partial charge in [-0.1, -0.05) is 6.42 Å². The quantitative estimate of drug-likeness (QED) is 0.744. The minimum absolute atomic E-state index is 0.111. The lowest BCUT2D eigenvalue weighted by atomic mass is 10.1. The van der Waals surface area contributed by atoms with Crippen molar-refractivity contribution in [2.24, 2.45) is 5.73 Å². The lowest BCUT2D eigenvalue weighted by Crippen LogP contribution is -2.53. The fraction of sp³-hybridized carbons (Fsp3) is 1.00. The lowest BCUT2D eigenvalue weighted by molar-refractivity contribution is 0.263. The number of nitrogens with two attached hydrogens (primary N) is 1. The molecule has 1 unspecified atom stereocenters. The Balaban J connectivity index is 2.06. The Bertz CT molecular complexity index is 351. The van der Waals surface area contributed by atoms with Crippen LogP contribution in [0.1, 0.15) is 39.0 Å². The molecule has 3 N–H and O–H groups in total. The smallest absolute Gasteiger partial charge is 0.280 e. The van der Waals surface area contributed by atoms with Crippen LogP contribution in [-0.2, 0) is 10.2 Å². The highest BCUT2D eigenvalue weighted by atomic mass is 32.2. The van der Waals surface area contributed by atoms with Gasteiger partial charge in [-0.3, -0.25) is 0 Å². The number of rotatable bonds is 4. The number of hydrogen-bond donors (Lipinski definition) is 2. The summed E-state index contributed by atoms with van der Waals surface area (Å²) in [4.78, 5) is 0. The van der Waals surface area contributed by atoms with Crippen molar-refractivity contribution in [2.75, 3.05) is 13.1 Å². The topological polar surface area (TPSA) is 75.4 Å². The van der Waals surface area contributed by atoms with E-state index in [-0.39, 0.29) is 11.6 Å². The minimum atomic E-state index is -3.34. The Hall–Kier alpha value is -0.170. The van der Waals surface area contributed by atoms with E-state index in [0.717, 1.165) is 32.1 Å². The van der Waals surface area contributed by atoms with Crippen LogP contribution in [0.4, 0.5) is 0 Å². The van der Waals surface area contributed by atoms with E-state index < -0.39 is 10.2 Å². The summed E-state index contributed by atoms with van der Waals surface area (Å²) in [5, 5.41) is 0. The van der Waals surface area contributed by atoms with Crippen LogP contribution in [0.15, 0.2) is 0 Å². The average molecular weight is 247 g/mol. The predicted molar refractivity (Wildman–Crippen MR) is 63.1 cm³/mol. The zero-order chi connectivity index (χ0) is 11.8. The number of hydrogen-bond acceptors (Lipinski definition) is 3. The molecule has 2 aliphatic rings. The maximum atomic E-state index is 12.2. The standard InChI is InChI=1S/C10H21N3O2S/c1-9-4-2-3-7-13(9)16(14,15)12-10(8-11)5-6-10/h9,12H,2-8,11H2,1H3. The monoisotopic (exact) mass is 247 g/mol. The lowest BCUT2D eigenvalue weighted by Gasteiger charge is -2.33. The highest BCUT2D eigenvalue weighted by molar-refractivity contribution is 7.87. The Labute approximate surface area is 97.6 Å². The fourth-order valence-electron chi connectivity index (χ4n) is 2.26. The van der Waals surface area contributed by atoms with Crippen molar-refractivity contribution in [2.45, 2.75) is 50.6 Å². The number of nitrogens with one attached hydrogen (secondary N) is 1. The van der Waals surface area contributed by atoms with E-state index in [1.165, 1.54) is 0 Å². The molecule has 0 aromatic carbocycles. The van der Waals surface area contributed by atoms with Crippen LogP contribution in [0.2, 0.25) is 0 Å². The van der Waals surface area contributed by atoms with Gasteiger partial charge in [0.25, 0.3) is 10.2 Å². The molecular weight excluding hydrogens is 226 g/mol. The van der Waals surface area contributed by atoms with Crippen molar-refractivity contribution in [3.05, 3.63) is 0 Å². The zero-order valence-electron chi connectivity index (χ0n) is 9.78. The van der Waals surface area contributed by atoms with Crippen molar-refractivity contribution in [1.82, 2.24) is 9.03 Å². The summed E-state index contributed by atoms with van der Waals surface area (Å²) in [5.74, 6) is 0. The van der Waals surface area contributed by atoms with Crippen molar-refractivity contribution < 1.29 is 8.42 Å². The normalized spacial score (nSPS) is 30.2. The van der Waals surface area contributed by atoms with Crippen LogP contribution in [-0.4, -0.2) is 37.4 Å². The maximum Gasteiger partial charge on any atom is 0.280 e. The van der Waals surface area contributed by atoms with Gasteiger partial charge in [0.1, 0.15) is 0 Å². The van der Waals surface area contributed by atoms with Crippen molar-refractivity contribution in [3.63, 3.8) is 0 Å². The van der Waals surface area contributed by atoms with E-state index in [4.69, 9.17) is 5.73 Å². The summed E-state index contributed by atoms with van der Waals surface area (Å²) in [6.45, 7) is 3.01. The van der Waals surface area contributed by atoms with E-state index in [1.807, 2.05) is 6.92 Å². The fourth-order valence-corrected chi connectivity index (χ4v) is 4.16. The number of nitrogens with zero attached hydrogens (tertiary/aromatic N) is 1. The van der Waals surface area contributed by atoms with Crippen LogP contribution in [0.25, 0.3) is 0 Å². The van der Waals surface area contributed by atoms with Crippen LogP contribution in [0.5, 0.6) is 0 Å². The van der Waals surface area contributed by atoms with Crippen molar-refractivity contribution in [3.8, 4) is 0 Å². The molecule has 1 atom stereocenters. The first-order valence-corrected chi connectivity index (χ1v) is 7.44. The molecule has 1 aliphatic heterocycles. The summed E-state index contributed by atoms with van der Waals surface area (Å²) in [7, 11) is -3.34. The first kappa shape index (κ1) is 12.3. The van der Waals surface area contributed by atoms with E-state index in [9.17, 15) is 8.42 Å². The van der Waals surface area contributed by atoms with Crippen LogP contribution >= 0.6 is 0 Å². The summed E-state index contributed by atoms with van der Waals surface area (Å²) in [6.07, 6.45) is 4.77. The molecule has 1 aliphatic carbocycles. The maximum absolute atomic E-state index is 12.2. The summed E-state index contributed by atoms with van der Waals surface area (Å²) >= 11 is 0. The molecule has 0 spiro atoms. The zero-order valence-corrected chi connectivity index (χ0v) is 10.6. The van der Waals surface area contributed by atoms with Crippen LogP contribution < -0.4 is 10.5 Å². The molecular formula is C10H21N3O2S.